The van der Waals surface area contributed by atoms with E-state index in [1.165, 1.54) is 0 Å². The van der Waals surface area contributed by atoms with E-state index in [0.29, 0.717) is 18.4 Å². The van der Waals surface area contributed by atoms with E-state index in [0.717, 1.165) is 56.4 Å². The van der Waals surface area contributed by atoms with E-state index < -0.39 is 0 Å². The van der Waals surface area contributed by atoms with Gasteiger partial charge in [0.15, 0.2) is 11.7 Å². The van der Waals surface area contributed by atoms with E-state index in [2.05, 4.69) is 48.5 Å². The van der Waals surface area contributed by atoms with Crippen LogP contribution in [0.1, 0.15) is 64.3 Å². The summed E-state index contributed by atoms with van der Waals surface area (Å²) < 4.78 is 11.0. The van der Waals surface area contributed by atoms with Gasteiger partial charge in [0.2, 0.25) is 0 Å². The Morgan fingerprint density at radius 3 is 2.67 bits per heavy atom. The molecule has 1 heterocycles. The van der Waals surface area contributed by atoms with Gasteiger partial charge in [0.1, 0.15) is 0 Å². The minimum absolute atomic E-state index is 0.478. The minimum Gasteiger partial charge on any atom is -0.381 e. The first-order chi connectivity index (χ1) is 11.6. The number of hydrogen-bond donors (Lipinski definition) is 2. The van der Waals surface area contributed by atoms with Gasteiger partial charge < -0.3 is 19.9 Å². The van der Waals surface area contributed by atoms with Gasteiger partial charge in [0, 0.05) is 38.8 Å². The zero-order valence-electron chi connectivity index (χ0n) is 15.9. The molecule has 1 aromatic heterocycles. The Morgan fingerprint density at radius 1 is 1.29 bits per heavy atom. The van der Waals surface area contributed by atoms with Gasteiger partial charge in [-0.1, -0.05) is 32.9 Å². The van der Waals surface area contributed by atoms with Gasteiger partial charge in [-0.3, -0.25) is 4.99 Å². The number of aromatic nitrogens is 1. The van der Waals surface area contributed by atoms with Crippen LogP contribution in [0.5, 0.6) is 0 Å². The van der Waals surface area contributed by atoms with Crippen LogP contribution in [0.25, 0.3) is 0 Å². The van der Waals surface area contributed by atoms with Gasteiger partial charge in [0.25, 0.3) is 0 Å². The molecule has 24 heavy (non-hydrogen) atoms. The van der Waals surface area contributed by atoms with Gasteiger partial charge in [-0.2, -0.15) is 0 Å². The Morgan fingerprint density at radius 2 is 2.04 bits per heavy atom. The van der Waals surface area contributed by atoms with Gasteiger partial charge in [0.05, 0.1) is 12.2 Å². The van der Waals surface area contributed by atoms with Crippen molar-refractivity contribution in [2.75, 3.05) is 26.8 Å². The number of guanidine groups is 1. The number of hydrogen-bond acceptors (Lipinski definition) is 4. The van der Waals surface area contributed by atoms with E-state index in [4.69, 9.17) is 9.26 Å². The van der Waals surface area contributed by atoms with Crippen LogP contribution in [-0.4, -0.2) is 37.9 Å². The summed E-state index contributed by atoms with van der Waals surface area (Å²) in [6.07, 6.45) is 3.12. The zero-order valence-corrected chi connectivity index (χ0v) is 15.9. The molecule has 0 bridgehead atoms. The molecule has 2 N–H and O–H groups in total. The lowest BCUT2D eigenvalue weighted by atomic mass is 9.99. The van der Waals surface area contributed by atoms with Crippen LogP contribution in [0.2, 0.25) is 0 Å². The lowest BCUT2D eigenvalue weighted by Crippen LogP contribution is -2.37. The van der Waals surface area contributed by atoms with E-state index in [1.807, 2.05) is 6.07 Å². The Hall–Kier alpha value is -1.56. The average Bonchev–Trinajstić information content (AvgIpc) is 3.03. The second-order valence-corrected chi connectivity index (χ2v) is 6.41. The highest BCUT2D eigenvalue weighted by Crippen LogP contribution is 2.22. The van der Waals surface area contributed by atoms with Crippen LogP contribution in [0, 0.1) is 5.92 Å². The average molecular weight is 338 g/mol. The van der Waals surface area contributed by atoms with Crippen LogP contribution in [0.4, 0.5) is 0 Å². The molecule has 0 aliphatic heterocycles. The van der Waals surface area contributed by atoms with Crippen molar-refractivity contribution in [3.63, 3.8) is 0 Å². The lowest BCUT2D eigenvalue weighted by molar-refractivity contribution is 0.108. The Kier molecular flexibility index (Phi) is 10.2. The number of rotatable bonds is 11. The van der Waals surface area contributed by atoms with E-state index in [-0.39, 0.29) is 0 Å². The largest absolute Gasteiger partial charge is 0.381 e. The molecule has 1 rings (SSSR count). The molecule has 0 aliphatic carbocycles. The zero-order chi connectivity index (χ0) is 17.8. The van der Waals surface area contributed by atoms with Gasteiger partial charge >= 0.3 is 0 Å². The molecular weight excluding hydrogens is 304 g/mol. The molecule has 0 aromatic carbocycles. The Balaban J connectivity index is 2.26. The molecule has 0 radical (unpaired) electrons. The maximum atomic E-state index is 5.56. The summed E-state index contributed by atoms with van der Waals surface area (Å²) >= 11 is 0. The van der Waals surface area contributed by atoms with E-state index >= 15 is 0 Å². The summed E-state index contributed by atoms with van der Waals surface area (Å²) in [5.74, 6) is 2.66. The number of aliphatic imine (C=N–C) groups is 1. The van der Waals surface area contributed by atoms with Crippen molar-refractivity contribution in [1.29, 1.82) is 0 Å². The van der Waals surface area contributed by atoms with Crippen molar-refractivity contribution >= 4 is 5.96 Å². The maximum absolute atomic E-state index is 5.56. The van der Waals surface area contributed by atoms with Crippen molar-refractivity contribution in [1.82, 2.24) is 15.8 Å². The van der Waals surface area contributed by atoms with Crippen molar-refractivity contribution in [2.45, 2.75) is 59.4 Å². The predicted octanol–water partition coefficient (Wildman–Crippen LogP) is 3.31. The van der Waals surface area contributed by atoms with Crippen molar-refractivity contribution in [3.05, 3.63) is 17.5 Å². The van der Waals surface area contributed by atoms with Crippen LogP contribution in [0.3, 0.4) is 0 Å². The predicted molar refractivity (Wildman–Crippen MR) is 98.3 cm³/mol. The molecule has 1 aromatic rings. The summed E-state index contributed by atoms with van der Waals surface area (Å²) in [7, 11) is 1.76. The second-order valence-electron chi connectivity index (χ2n) is 6.41. The first-order valence-electron chi connectivity index (χ1n) is 9.08. The Labute approximate surface area is 146 Å². The van der Waals surface area contributed by atoms with Crippen molar-refractivity contribution in [3.8, 4) is 0 Å². The summed E-state index contributed by atoms with van der Waals surface area (Å²) in [5, 5.41) is 10.7. The molecule has 0 aliphatic rings. The summed E-state index contributed by atoms with van der Waals surface area (Å²) in [6.45, 7) is 11.7. The lowest BCUT2D eigenvalue weighted by Gasteiger charge is -2.11. The number of ether oxygens (including phenoxy) is 1. The maximum Gasteiger partial charge on any atom is 0.191 e. The quantitative estimate of drug-likeness (QED) is 0.368. The standard InChI is InChI=1S/C18H34N4O2/c1-6-15(7-2)17-11-16(24-22-17)12-21-18(19-5)20-9-8-10-23-13-14(3)4/h11,14-15H,6-10,12-13H2,1-5H3,(H2,19,20,21). The van der Waals surface area contributed by atoms with Crippen LogP contribution in [0.15, 0.2) is 15.6 Å². The smallest absolute Gasteiger partial charge is 0.191 e. The van der Waals surface area contributed by atoms with Crippen LogP contribution < -0.4 is 10.6 Å². The third-order valence-corrected chi connectivity index (χ3v) is 3.84. The molecular formula is C18H34N4O2. The van der Waals surface area contributed by atoms with Crippen molar-refractivity contribution < 1.29 is 9.26 Å². The third kappa shape index (κ3) is 7.81. The fourth-order valence-electron chi connectivity index (χ4n) is 2.40. The monoisotopic (exact) mass is 338 g/mol. The van der Waals surface area contributed by atoms with Crippen molar-refractivity contribution in [2.24, 2.45) is 10.9 Å². The number of nitrogens with zero attached hydrogens (tertiary/aromatic N) is 2. The van der Waals surface area contributed by atoms with E-state index in [1.54, 1.807) is 7.05 Å². The number of nitrogens with one attached hydrogen (secondary N) is 2. The first kappa shape index (κ1) is 20.5. The molecule has 6 nitrogen and oxygen atoms in total. The fraction of sp³-hybridized carbons (Fsp3) is 0.778. The second kappa shape index (κ2) is 11.9. The minimum atomic E-state index is 0.478. The van der Waals surface area contributed by atoms with Crippen LogP contribution in [-0.2, 0) is 11.3 Å². The molecule has 0 saturated heterocycles. The highest BCUT2D eigenvalue weighted by Gasteiger charge is 2.13. The highest BCUT2D eigenvalue weighted by atomic mass is 16.5. The molecule has 0 spiro atoms. The molecule has 138 valence electrons. The fourth-order valence-corrected chi connectivity index (χ4v) is 2.40. The van der Waals surface area contributed by atoms with Gasteiger partial charge in [-0.05, 0) is 25.2 Å². The van der Waals surface area contributed by atoms with E-state index in [9.17, 15) is 0 Å². The topological polar surface area (TPSA) is 71.7 Å². The van der Waals surface area contributed by atoms with Gasteiger partial charge in [-0.25, -0.2) is 0 Å². The SMILES string of the molecule is CCC(CC)c1cc(CNC(=NC)NCCCOCC(C)C)on1. The molecule has 0 saturated carbocycles. The summed E-state index contributed by atoms with van der Waals surface area (Å²) in [5.41, 5.74) is 1.04. The highest BCUT2D eigenvalue weighted by molar-refractivity contribution is 5.79. The molecule has 6 heteroatoms. The van der Waals surface area contributed by atoms with Gasteiger partial charge in [-0.15, -0.1) is 0 Å². The normalized spacial score (nSPS) is 12.2. The Bertz CT molecular complexity index is 467. The molecule has 0 fully saturated rings. The first-order valence-corrected chi connectivity index (χ1v) is 9.08. The van der Waals surface area contributed by atoms with Crippen LogP contribution >= 0.6 is 0 Å². The molecule has 0 atom stereocenters. The summed E-state index contributed by atoms with van der Waals surface area (Å²) in [6, 6.07) is 2.04. The molecule has 0 amide bonds. The third-order valence-electron chi connectivity index (χ3n) is 3.84. The summed E-state index contributed by atoms with van der Waals surface area (Å²) in [4.78, 5) is 4.21. The molecule has 0 unspecified atom stereocenters.